The van der Waals surface area contributed by atoms with Crippen molar-refractivity contribution in [2.75, 3.05) is 25.1 Å². The molecule has 130 valence electrons. The Kier molecular flexibility index (Phi) is 4.95. The predicted molar refractivity (Wildman–Crippen MR) is 97.3 cm³/mol. The van der Waals surface area contributed by atoms with Crippen LogP contribution < -0.4 is 9.64 Å². The molecule has 0 bridgehead atoms. The van der Waals surface area contributed by atoms with Gasteiger partial charge >= 0.3 is 0 Å². The number of ether oxygens (including phenoxy) is 1. The molecule has 0 spiro atoms. The molecule has 1 aliphatic heterocycles. The molecule has 1 saturated heterocycles. The Balaban J connectivity index is 1.76. The van der Waals surface area contributed by atoms with E-state index in [0.717, 1.165) is 11.4 Å². The summed E-state index contributed by atoms with van der Waals surface area (Å²) in [4.78, 5) is 28.8. The number of carbonyl (C=O) groups is 2. The van der Waals surface area contributed by atoms with E-state index in [1.165, 1.54) is 0 Å². The van der Waals surface area contributed by atoms with E-state index in [1.54, 1.807) is 48.1 Å². The Morgan fingerprint density at radius 1 is 1.08 bits per heavy atom. The Bertz CT molecular complexity index is 774. The van der Waals surface area contributed by atoms with Gasteiger partial charge in [-0.1, -0.05) is 11.6 Å². The average molecular weight is 359 g/mol. The summed E-state index contributed by atoms with van der Waals surface area (Å²) in [5.41, 5.74) is 1.33. The Morgan fingerprint density at radius 3 is 2.32 bits per heavy atom. The van der Waals surface area contributed by atoms with Crippen LogP contribution in [0.2, 0.25) is 5.02 Å². The van der Waals surface area contributed by atoms with Crippen molar-refractivity contribution >= 4 is 29.1 Å². The molecule has 2 aromatic rings. The normalized spacial score (nSPS) is 17.6. The summed E-state index contributed by atoms with van der Waals surface area (Å²) in [6, 6.07) is 13.5. The number of anilines is 1. The van der Waals surface area contributed by atoms with E-state index in [4.69, 9.17) is 16.3 Å². The van der Waals surface area contributed by atoms with Crippen molar-refractivity contribution in [1.82, 2.24) is 4.90 Å². The van der Waals surface area contributed by atoms with Crippen LogP contribution in [0.4, 0.5) is 5.69 Å². The molecule has 1 fully saturated rings. The van der Waals surface area contributed by atoms with Crippen molar-refractivity contribution < 1.29 is 14.3 Å². The SMILES string of the molecule is COc1ccc(N2CCN(C(=O)c3ccc(Cl)cc3)C(C)C2=O)cc1. The highest BCUT2D eigenvalue weighted by Crippen LogP contribution is 2.24. The van der Waals surface area contributed by atoms with E-state index in [0.29, 0.717) is 23.7 Å². The molecular formula is C19H19ClN2O3. The number of hydrogen-bond donors (Lipinski definition) is 0. The first-order chi connectivity index (χ1) is 12.0. The molecule has 0 N–H and O–H groups in total. The number of carbonyl (C=O) groups excluding carboxylic acids is 2. The molecule has 3 rings (SSSR count). The minimum Gasteiger partial charge on any atom is -0.497 e. The van der Waals surface area contributed by atoms with Crippen molar-refractivity contribution in [2.24, 2.45) is 0 Å². The first-order valence-electron chi connectivity index (χ1n) is 8.03. The van der Waals surface area contributed by atoms with Crippen LogP contribution in [0.15, 0.2) is 48.5 Å². The van der Waals surface area contributed by atoms with E-state index in [-0.39, 0.29) is 11.8 Å². The topological polar surface area (TPSA) is 49.9 Å². The molecule has 0 aromatic heterocycles. The van der Waals surface area contributed by atoms with Gasteiger partial charge < -0.3 is 14.5 Å². The molecule has 1 unspecified atom stereocenters. The lowest BCUT2D eigenvalue weighted by atomic mass is 10.1. The maximum Gasteiger partial charge on any atom is 0.254 e. The highest BCUT2D eigenvalue weighted by atomic mass is 35.5. The fraction of sp³-hybridized carbons (Fsp3) is 0.263. The third kappa shape index (κ3) is 3.46. The summed E-state index contributed by atoms with van der Waals surface area (Å²) in [5, 5.41) is 0.574. The Morgan fingerprint density at radius 2 is 1.72 bits per heavy atom. The minimum atomic E-state index is -0.529. The lowest BCUT2D eigenvalue weighted by molar-refractivity contribution is -0.124. The van der Waals surface area contributed by atoms with Crippen LogP contribution >= 0.6 is 11.6 Å². The predicted octanol–water partition coefficient (Wildman–Crippen LogP) is 3.23. The van der Waals surface area contributed by atoms with Gasteiger partial charge in [-0.15, -0.1) is 0 Å². The molecule has 0 aliphatic carbocycles. The fourth-order valence-electron chi connectivity index (χ4n) is 2.92. The number of piperazine rings is 1. The third-order valence-electron chi connectivity index (χ3n) is 4.39. The second-order valence-corrected chi connectivity index (χ2v) is 6.31. The van der Waals surface area contributed by atoms with Crippen molar-refractivity contribution in [2.45, 2.75) is 13.0 Å². The van der Waals surface area contributed by atoms with Crippen molar-refractivity contribution in [3.05, 3.63) is 59.1 Å². The number of rotatable bonds is 3. The van der Waals surface area contributed by atoms with Gasteiger partial charge in [0.1, 0.15) is 11.8 Å². The zero-order chi connectivity index (χ0) is 18.0. The van der Waals surface area contributed by atoms with Crippen LogP contribution in [-0.4, -0.2) is 43.0 Å². The smallest absolute Gasteiger partial charge is 0.254 e. The lowest BCUT2D eigenvalue weighted by Crippen LogP contribution is -2.57. The Labute approximate surface area is 151 Å². The lowest BCUT2D eigenvalue weighted by Gasteiger charge is -2.39. The van der Waals surface area contributed by atoms with Crippen molar-refractivity contribution in [3.8, 4) is 5.75 Å². The summed E-state index contributed by atoms with van der Waals surface area (Å²) in [6.07, 6.45) is 0. The third-order valence-corrected chi connectivity index (χ3v) is 4.64. The van der Waals surface area contributed by atoms with Gasteiger partial charge in [0.25, 0.3) is 5.91 Å². The van der Waals surface area contributed by atoms with Gasteiger partial charge in [0.15, 0.2) is 0 Å². The Hall–Kier alpha value is -2.53. The van der Waals surface area contributed by atoms with E-state index in [1.807, 2.05) is 24.3 Å². The highest BCUT2D eigenvalue weighted by Gasteiger charge is 2.35. The number of nitrogens with zero attached hydrogens (tertiary/aromatic N) is 2. The molecule has 2 amide bonds. The van der Waals surface area contributed by atoms with Crippen molar-refractivity contribution in [3.63, 3.8) is 0 Å². The molecule has 6 heteroatoms. The summed E-state index contributed by atoms with van der Waals surface area (Å²) in [7, 11) is 1.60. The quantitative estimate of drug-likeness (QED) is 0.846. The molecule has 1 heterocycles. The standard InChI is InChI=1S/C19H19ClN2O3/c1-13-18(23)22(16-7-9-17(25-2)10-8-16)12-11-21(13)19(24)14-3-5-15(20)6-4-14/h3-10,13H,11-12H2,1-2H3. The molecular weight excluding hydrogens is 340 g/mol. The van der Waals surface area contributed by atoms with Crippen LogP contribution in [0.1, 0.15) is 17.3 Å². The van der Waals surface area contributed by atoms with E-state index < -0.39 is 6.04 Å². The van der Waals surface area contributed by atoms with Gasteiger partial charge in [0.05, 0.1) is 7.11 Å². The molecule has 5 nitrogen and oxygen atoms in total. The molecule has 0 saturated carbocycles. The minimum absolute atomic E-state index is 0.0984. The first-order valence-corrected chi connectivity index (χ1v) is 8.41. The van der Waals surface area contributed by atoms with Gasteiger partial charge in [0, 0.05) is 29.4 Å². The van der Waals surface area contributed by atoms with E-state index >= 15 is 0 Å². The maximum absolute atomic E-state index is 12.8. The van der Waals surface area contributed by atoms with E-state index in [2.05, 4.69) is 0 Å². The van der Waals surface area contributed by atoms with Gasteiger partial charge in [0.2, 0.25) is 5.91 Å². The molecule has 0 radical (unpaired) electrons. The average Bonchev–Trinajstić information content (AvgIpc) is 2.64. The van der Waals surface area contributed by atoms with Crippen LogP contribution in [0.25, 0.3) is 0 Å². The van der Waals surface area contributed by atoms with Crippen LogP contribution in [-0.2, 0) is 4.79 Å². The van der Waals surface area contributed by atoms with Crippen LogP contribution in [0.5, 0.6) is 5.75 Å². The second kappa shape index (κ2) is 7.15. The number of benzene rings is 2. The molecule has 25 heavy (non-hydrogen) atoms. The van der Waals surface area contributed by atoms with Crippen molar-refractivity contribution in [1.29, 1.82) is 0 Å². The highest BCUT2D eigenvalue weighted by molar-refractivity contribution is 6.30. The largest absolute Gasteiger partial charge is 0.497 e. The molecule has 2 aromatic carbocycles. The maximum atomic E-state index is 12.8. The summed E-state index contributed by atoms with van der Waals surface area (Å²) in [6.45, 7) is 2.68. The van der Waals surface area contributed by atoms with E-state index in [9.17, 15) is 9.59 Å². The zero-order valence-electron chi connectivity index (χ0n) is 14.1. The fourth-order valence-corrected chi connectivity index (χ4v) is 3.05. The number of methoxy groups -OCH3 is 1. The molecule has 1 atom stereocenters. The van der Waals surface area contributed by atoms with Crippen LogP contribution in [0.3, 0.4) is 0 Å². The zero-order valence-corrected chi connectivity index (χ0v) is 14.9. The summed E-state index contributed by atoms with van der Waals surface area (Å²) in [5.74, 6) is 0.478. The van der Waals surface area contributed by atoms with Gasteiger partial charge in [-0.05, 0) is 55.5 Å². The summed E-state index contributed by atoms with van der Waals surface area (Å²) < 4.78 is 5.14. The monoisotopic (exact) mass is 358 g/mol. The number of halogens is 1. The second-order valence-electron chi connectivity index (χ2n) is 5.87. The number of amides is 2. The van der Waals surface area contributed by atoms with Gasteiger partial charge in [-0.25, -0.2) is 0 Å². The van der Waals surface area contributed by atoms with Gasteiger partial charge in [-0.2, -0.15) is 0 Å². The molecule has 1 aliphatic rings. The van der Waals surface area contributed by atoms with Gasteiger partial charge in [-0.3, -0.25) is 9.59 Å². The first kappa shape index (κ1) is 17.3. The number of hydrogen-bond acceptors (Lipinski definition) is 3. The van der Waals surface area contributed by atoms with Crippen LogP contribution in [0, 0.1) is 0 Å². The summed E-state index contributed by atoms with van der Waals surface area (Å²) >= 11 is 5.87.